The molecule has 5 heteroatoms. The molecule has 0 saturated carbocycles. The predicted octanol–water partition coefficient (Wildman–Crippen LogP) is 3.45. The lowest BCUT2D eigenvalue weighted by Crippen LogP contribution is -2.14. The highest BCUT2D eigenvalue weighted by Gasteiger charge is 2.12. The highest BCUT2D eigenvalue weighted by atomic mass is 19.1. The number of rotatable bonds is 5. The molecular formula is C16H17FN2O2. The number of ether oxygens (including phenoxy) is 1. The first kappa shape index (κ1) is 14.8. The molecule has 0 unspecified atom stereocenters. The molecule has 0 aliphatic carbocycles. The second-order valence-electron chi connectivity index (χ2n) is 4.57. The molecule has 0 radical (unpaired) electrons. The Bertz CT molecular complexity index is 627. The third-order valence-corrected chi connectivity index (χ3v) is 2.82. The van der Waals surface area contributed by atoms with Crippen LogP contribution in [0.2, 0.25) is 0 Å². The fourth-order valence-electron chi connectivity index (χ4n) is 1.77. The van der Waals surface area contributed by atoms with Crippen molar-refractivity contribution >= 4 is 17.3 Å². The highest BCUT2D eigenvalue weighted by molar-refractivity contribution is 6.04. The van der Waals surface area contributed by atoms with Crippen molar-refractivity contribution in [2.75, 3.05) is 17.7 Å². The normalized spacial score (nSPS) is 10.2. The molecule has 0 atom stereocenters. The van der Waals surface area contributed by atoms with Gasteiger partial charge in [-0.3, -0.25) is 4.79 Å². The highest BCUT2D eigenvalue weighted by Crippen LogP contribution is 2.18. The van der Waals surface area contributed by atoms with Crippen LogP contribution in [0.25, 0.3) is 0 Å². The average molecular weight is 288 g/mol. The summed E-state index contributed by atoms with van der Waals surface area (Å²) in [6, 6.07) is 10.8. The summed E-state index contributed by atoms with van der Waals surface area (Å²) in [5.41, 5.74) is 6.38. The molecule has 0 aromatic heterocycles. The summed E-state index contributed by atoms with van der Waals surface area (Å²) in [4.78, 5) is 12.0. The number of halogens is 1. The standard InChI is InChI=1S/C16H17FN2O2/c1-2-9-21-13-6-4-12(5-7-13)19-16(20)14-10-11(18)3-8-15(14)17/h3-8,10H,2,9,18H2,1H3,(H,19,20). The molecule has 2 aromatic rings. The lowest BCUT2D eigenvalue weighted by molar-refractivity contribution is 0.102. The Kier molecular flexibility index (Phi) is 4.77. The van der Waals surface area contributed by atoms with Crippen molar-refractivity contribution in [2.45, 2.75) is 13.3 Å². The second-order valence-corrected chi connectivity index (χ2v) is 4.57. The Morgan fingerprint density at radius 3 is 2.62 bits per heavy atom. The van der Waals surface area contributed by atoms with E-state index in [9.17, 15) is 9.18 Å². The van der Waals surface area contributed by atoms with Gasteiger partial charge in [-0.1, -0.05) is 6.92 Å². The first-order valence-corrected chi connectivity index (χ1v) is 6.69. The maximum atomic E-state index is 13.6. The van der Waals surface area contributed by atoms with Crippen molar-refractivity contribution in [2.24, 2.45) is 0 Å². The summed E-state index contributed by atoms with van der Waals surface area (Å²) >= 11 is 0. The number of carbonyl (C=O) groups excluding carboxylic acids is 1. The minimum absolute atomic E-state index is 0.0821. The Morgan fingerprint density at radius 2 is 1.95 bits per heavy atom. The van der Waals surface area contributed by atoms with E-state index < -0.39 is 11.7 Å². The zero-order valence-electron chi connectivity index (χ0n) is 11.7. The fraction of sp³-hybridized carbons (Fsp3) is 0.188. The number of nitrogen functional groups attached to an aromatic ring is 1. The molecule has 21 heavy (non-hydrogen) atoms. The maximum Gasteiger partial charge on any atom is 0.258 e. The topological polar surface area (TPSA) is 64.3 Å². The van der Waals surface area contributed by atoms with Crippen LogP contribution in [0.15, 0.2) is 42.5 Å². The molecule has 4 nitrogen and oxygen atoms in total. The van der Waals surface area contributed by atoms with Crippen molar-refractivity contribution in [3.8, 4) is 5.75 Å². The molecular weight excluding hydrogens is 271 g/mol. The van der Waals surface area contributed by atoms with Gasteiger partial charge in [0.05, 0.1) is 12.2 Å². The smallest absolute Gasteiger partial charge is 0.258 e. The number of hydrogen-bond donors (Lipinski definition) is 2. The Balaban J connectivity index is 2.07. The molecule has 110 valence electrons. The van der Waals surface area contributed by atoms with Crippen molar-refractivity contribution in [3.05, 3.63) is 53.8 Å². The van der Waals surface area contributed by atoms with Crippen LogP contribution >= 0.6 is 0 Å². The van der Waals surface area contributed by atoms with Crippen molar-refractivity contribution in [1.29, 1.82) is 0 Å². The van der Waals surface area contributed by atoms with E-state index >= 15 is 0 Å². The van der Waals surface area contributed by atoms with E-state index in [1.54, 1.807) is 24.3 Å². The van der Waals surface area contributed by atoms with Gasteiger partial charge in [-0.15, -0.1) is 0 Å². The van der Waals surface area contributed by atoms with Gasteiger partial charge in [0.25, 0.3) is 5.91 Å². The molecule has 0 saturated heterocycles. The van der Waals surface area contributed by atoms with Gasteiger partial charge in [0.1, 0.15) is 11.6 Å². The third kappa shape index (κ3) is 3.95. The molecule has 0 aliphatic heterocycles. The molecule has 0 aliphatic rings. The first-order valence-electron chi connectivity index (χ1n) is 6.69. The zero-order chi connectivity index (χ0) is 15.2. The number of nitrogens with two attached hydrogens (primary N) is 1. The minimum atomic E-state index is -0.607. The number of benzene rings is 2. The number of amides is 1. The van der Waals surface area contributed by atoms with Crippen molar-refractivity contribution in [3.63, 3.8) is 0 Å². The summed E-state index contributed by atoms with van der Waals surface area (Å²) < 4.78 is 19.0. The van der Waals surface area contributed by atoms with Crippen LogP contribution in [-0.2, 0) is 0 Å². The van der Waals surface area contributed by atoms with Crippen LogP contribution in [0.1, 0.15) is 23.7 Å². The summed E-state index contributed by atoms with van der Waals surface area (Å²) in [5, 5.41) is 2.62. The van der Waals surface area contributed by atoms with E-state index in [0.717, 1.165) is 12.2 Å². The van der Waals surface area contributed by atoms with Crippen LogP contribution < -0.4 is 15.8 Å². The molecule has 2 rings (SSSR count). The lowest BCUT2D eigenvalue weighted by atomic mass is 10.1. The van der Waals surface area contributed by atoms with E-state index in [1.807, 2.05) is 6.92 Å². The van der Waals surface area contributed by atoms with Gasteiger partial charge in [-0.25, -0.2) is 4.39 Å². The average Bonchev–Trinajstić information content (AvgIpc) is 2.49. The van der Waals surface area contributed by atoms with E-state index in [0.29, 0.717) is 18.0 Å². The number of nitrogens with one attached hydrogen (secondary N) is 1. The molecule has 0 bridgehead atoms. The van der Waals surface area contributed by atoms with Gasteiger partial charge in [0.2, 0.25) is 0 Å². The minimum Gasteiger partial charge on any atom is -0.494 e. The van der Waals surface area contributed by atoms with Crippen LogP contribution in [0, 0.1) is 5.82 Å². The Hall–Kier alpha value is -2.56. The zero-order valence-corrected chi connectivity index (χ0v) is 11.7. The van der Waals surface area contributed by atoms with Gasteiger partial charge in [0.15, 0.2) is 0 Å². The SMILES string of the molecule is CCCOc1ccc(NC(=O)c2cc(N)ccc2F)cc1. The summed E-state index contributed by atoms with van der Waals surface area (Å²) in [6.45, 7) is 2.66. The van der Waals surface area contributed by atoms with Crippen molar-refractivity contribution < 1.29 is 13.9 Å². The largest absolute Gasteiger partial charge is 0.494 e. The number of anilines is 2. The Labute approximate surface area is 122 Å². The third-order valence-electron chi connectivity index (χ3n) is 2.82. The summed E-state index contributed by atoms with van der Waals surface area (Å²) in [7, 11) is 0. The first-order chi connectivity index (χ1) is 10.1. The Morgan fingerprint density at radius 1 is 1.24 bits per heavy atom. The van der Waals surface area contributed by atoms with Gasteiger partial charge < -0.3 is 15.8 Å². The molecule has 0 fully saturated rings. The van der Waals surface area contributed by atoms with E-state index in [4.69, 9.17) is 10.5 Å². The van der Waals surface area contributed by atoms with E-state index in [2.05, 4.69) is 5.32 Å². The summed E-state index contributed by atoms with van der Waals surface area (Å²) in [5.74, 6) is -0.420. The fourth-order valence-corrected chi connectivity index (χ4v) is 1.77. The monoisotopic (exact) mass is 288 g/mol. The molecule has 0 heterocycles. The van der Waals surface area contributed by atoms with E-state index in [1.165, 1.54) is 18.2 Å². The predicted molar refractivity (Wildman–Crippen MR) is 81.0 cm³/mol. The van der Waals surface area contributed by atoms with Gasteiger partial charge in [-0.05, 0) is 48.9 Å². The quantitative estimate of drug-likeness (QED) is 0.828. The van der Waals surface area contributed by atoms with E-state index in [-0.39, 0.29) is 5.56 Å². The van der Waals surface area contributed by atoms with Crippen LogP contribution in [-0.4, -0.2) is 12.5 Å². The summed E-state index contributed by atoms with van der Waals surface area (Å²) in [6.07, 6.45) is 0.924. The van der Waals surface area contributed by atoms with Crippen LogP contribution in [0.4, 0.5) is 15.8 Å². The van der Waals surface area contributed by atoms with Crippen molar-refractivity contribution in [1.82, 2.24) is 0 Å². The second kappa shape index (κ2) is 6.74. The molecule has 0 spiro atoms. The number of carbonyl (C=O) groups is 1. The van der Waals surface area contributed by atoms with Crippen LogP contribution in [0.3, 0.4) is 0 Å². The molecule has 1 amide bonds. The van der Waals surface area contributed by atoms with Crippen LogP contribution in [0.5, 0.6) is 5.75 Å². The molecule has 2 aromatic carbocycles. The lowest BCUT2D eigenvalue weighted by Gasteiger charge is -2.08. The number of hydrogen-bond acceptors (Lipinski definition) is 3. The van der Waals surface area contributed by atoms with Gasteiger partial charge >= 0.3 is 0 Å². The van der Waals surface area contributed by atoms with Gasteiger partial charge in [0, 0.05) is 11.4 Å². The molecule has 3 N–H and O–H groups in total. The maximum absolute atomic E-state index is 13.6. The van der Waals surface area contributed by atoms with Gasteiger partial charge in [-0.2, -0.15) is 0 Å².